The van der Waals surface area contributed by atoms with Gasteiger partial charge in [-0.05, 0) is 30.2 Å². The predicted molar refractivity (Wildman–Crippen MR) is 103 cm³/mol. The van der Waals surface area contributed by atoms with Crippen LogP contribution in [0.15, 0.2) is 54.6 Å². The van der Waals surface area contributed by atoms with Crippen molar-refractivity contribution in [1.82, 2.24) is 5.32 Å². The summed E-state index contributed by atoms with van der Waals surface area (Å²) < 4.78 is 26.1. The Labute approximate surface area is 158 Å². The van der Waals surface area contributed by atoms with Gasteiger partial charge in [0.25, 0.3) is 5.91 Å². The van der Waals surface area contributed by atoms with Gasteiger partial charge in [-0.15, -0.1) is 0 Å². The van der Waals surface area contributed by atoms with E-state index in [1.807, 2.05) is 6.07 Å². The van der Waals surface area contributed by atoms with Gasteiger partial charge in [0.2, 0.25) is 10.0 Å². The first-order chi connectivity index (χ1) is 12.8. The lowest BCUT2D eigenvalue weighted by Crippen LogP contribution is -2.42. The highest BCUT2D eigenvalue weighted by Gasteiger charge is 2.21. The highest BCUT2D eigenvalue weighted by Crippen LogP contribution is 2.14. The van der Waals surface area contributed by atoms with Crippen molar-refractivity contribution in [3.63, 3.8) is 0 Å². The van der Waals surface area contributed by atoms with Crippen LogP contribution in [0.5, 0.6) is 0 Å². The second kappa shape index (κ2) is 9.18. The Morgan fingerprint density at radius 2 is 1.78 bits per heavy atom. The monoisotopic (exact) mass is 390 g/mol. The summed E-state index contributed by atoms with van der Waals surface area (Å²) in [5.74, 6) is -1.76. The number of benzene rings is 2. The van der Waals surface area contributed by atoms with Gasteiger partial charge in [0.15, 0.2) is 0 Å². The van der Waals surface area contributed by atoms with Gasteiger partial charge in [0, 0.05) is 17.7 Å². The average molecular weight is 390 g/mol. The van der Waals surface area contributed by atoms with Gasteiger partial charge in [-0.2, -0.15) is 0 Å². The van der Waals surface area contributed by atoms with Crippen LogP contribution in [0.2, 0.25) is 0 Å². The van der Waals surface area contributed by atoms with E-state index in [0.29, 0.717) is 6.42 Å². The van der Waals surface area contributed by atoms with E-state index in [-0.39, 0.29) is 23.4 Å². The first kappa shape index (κ1) is 20.4. The van der Waals surface area contributed by atoms with Gasteiger partial charge in [0.1, 0.15) is 6.04 Å². The summed E-state index contributed by atoms with van der Waals surface area (Å²) in [5.41, 5.74) is 1.21. The lowest BCUT2D eigenvalue weighted by atomic mass is 10.1. The Balaban J connectivity index is 2.11. The van der Waals surface area contributed by atoms with E-state index in [1.165, 1.54) is 24.3 Å². The molecule has 0 aliphatic heterocycles. The molecule has 1 unspecified atom stereocenters. The zero-order valence-electron chi connectivity index (χ0n) is 14.9. The molecule has 2 aromatic carbocycles. The number of amides is 1. The van der Waals surface area contributed by atoms with Crippen molar-refractivity contribution in [2.45, 2.75) is 25.8 Å². The van der Waals surface area contributed by atoms with Gasteiger partial charge in [-0.25, -0.2) is 13.2 Å². The lowest BCUT2D eigenvalue weighted by molar-refractivity contribution is -0.139. The number of carboxylic acids is 1. The summed E-state index contributed by atoms with van der Waals surface area (Å²) in [5, 5.41) is 11.9. The number of carbonyl (C=O) groups excluding carboxylic acids is 1. The SMILES string of the molecule is CCCS(=O)(=O)Nc1cccc(C(=O)NC(Cc2ccccc2)C(=O)O)c1. The van der Waals surface area contributed by atoms with Crippen LogP contribution in [-0.4, -0.2) is 37.2 Å². The smallest absolute Gasteiger partial charge is 0.326 e. The number of sulfonamides is 1. The molecule has 0 spiro atoms. The number of hydrogen-bond acceptors (Lipinski definition) is 4. The molecule has 144 valence electrons. The van der Waals surface area contributed by atoms with Crippen molar-refractivity contribution in [2.24, 2.45) is 0 Å². The van der Waals surface area contributed by atoms with E-state index in [0.717, 1.165) is 5.56 Å². The molecule has 8 heteroatoms. The maximum Gasteiger partial charge on any atom is 0.326 e. The lowest BCUT2D eigenvalue weighted by Gasteiger charge is -2.15. The van der Waals surface area contributed by atoms with Crippen LogP contribution < -0.4 is 10.0 Å². The van der Waals surface area contributed by atoms with Crippen LogP contribution >= 0.6 is 0 Å². The number of nitrogens with one attached hydrogen (secondary N) is 2. The highest BCUT2D eigenvalue weighted by molar-refractivity contribution is 7.92. The summed E-state index contributed by atoms with van der Waals surface area (Å²) in [7, 11) is -3.48. The Hall–Kier alpha value is -2.87. The molecule has 3 N–H and O–H groups in total. The molecule has 0 saturated carbocycles. The molecule has 0 radical (unpaired) electrons. The fraction of sp³-hybridized carbons (Fsp3) is 0.263. The van der Waals surface area contributed by atoms with Crippen molar-refractivity contribution in [2.75, 3.05) is 10.5 Å². The number of hydrogen-bond donors (Lipinski definition) is 3. The van der Waals surface area contributed by atoms with Crippen LogP contribution in [0, 0.1) is 0 Å². The highest BCUT2D eigenvalue weighted by atomic mass is 32.2. The zero-order chi connectivity index (χ0) is 19.9. The quantitative estimate of drug-likeness (QED) is 0.608. The van der Waals surface area contributed by atoms with E-state index >= 15 is 0 Å². The van der Waals surface area contributed by atoms with Gasteiger partial charge < -0.3 is 10.4 Å². The zero-order valence-corrected chi connectivity index (χ0v) is 15.7. The molecule has 0 aromatic heterocycles. The summed E-state index contributed by atoms with van der Waals surface area (Å²) in [6.45, 7) is 1.75. The Morgan fingerprint density at radius 1 is 1.07 bits per heavy atom. The van der Waals surface area contributed by atoms with Crippen molar-refractivity contribution < 1.29 is 23.1 Å². The average Bonchev–Trinajstić information content (AvgIpc) is 2.61. The maximum atomic E-state index is 12.4. The third-order valence-corrected chi connectivity index (χ3v) is 5.25. The van der Waals surface area contributed by atoms with Gasteiger partial charge in [-0.1, -0.05) is 43.3 Å². The fourth-order valence-electron chi connectivity index (χ4n) is 2.51. The minimum Gasteiger partial charge on any atom is -0.480 e. The first-order valence-electron chi connectivity index (χ1n) is 8.49. The summed E-state index contributed by atoms with van der Waals surface area (Å²) in [6, 6.07) is 13.8. The number of aliphatic carboxylic acids is 1. The number of carboxylic acid groups (broad SMARTS) is 1. The Kier molecular flexibility index (Phi) is 6.95. The van der Waals surface area contributed by atoms with Gasteiger partial charge in [-0.3, -0.25) is 9.52 Å². The molecule has 0 aliphatic carbocycles. The van der Waals surface area contributed by atoms with E-state index < -0.39 is 27.9 Å². The molecule has 1 atom stereocenters. The topological polar surface area (TPSA) is 113 Å². The van der Waals surface area contributed by atoms with Crippen LogP contribution in [0.1, 0.15) is 29.3 Å². The maximum absolute atomic E-state index is 12.4. The number of anilines is 1. The van der Waals surface area contributed by atoms with Crippen LogP contribution in [0.4, 0.5) is 5.69 Å². The molecule has 27 heavy (non-hydrogen) atoms. The molecule has 2 aromatic rings. The van der Waals surface area contributed by atoms with Crippen LogP contribution in [0.3, 0.4) is 0 Å². The molecule has 0 saturated heterocycles. The fourth-order valence-corrected chi connectivity index (χ4v) is 3.64. The summed E-state index contributed by atoms with van der Waals surface area (Å²) in [4.78, 5) is 23.9. The minimum atomic E-state index is -3.48. The molecule has 7 nitrogen and oxygen atoms in total. The molecule has 0 bridgehead atoms. The Bertz CT molecular complexity index is 897. The normalized spacial score (nSPS) is 12.2. The molecule has 1 amide bonds. The second-order valence-corrected chi connectivity index (χ2v) is 7.90. The molecule has 0 heterocycles. The van der Waals surface area contributed by atoms with E-state index in [2.05, 4.69) is 10.0 Å². The molecule has 0 fully saturated rings. The van der Waals surface area contributed by atoms with Crippen molar-refractivity contribution in [3.8, 4) is 0 Å². The van der Waals surface area contributed by atoms with E-state index in [9.17, 15) is 23.1 Å². The van der Waals surface area contributed by atoms with Crippen molar-refractivity contribution in [3.05, 3.63) is 65.7 Å². The Morgan fingerprint density at radius 3 is 2.41 bits per heavy atom. The van der Waals surface area contributed by atoms with Gasteiger partial charge >= 0.3 is 5.97 Å². The van der Waals surface area contributed by atoms with Crippen LogP contribution in [0.25, 0.3) is 0 Å². The second-order valence-electron chi connectivity index (χ2n) is 6.06. The standard InChI is InChI=1S/C19H22N2O5S/c1-2-11-27(25,26)21-16-10-6-9-15(13-16)18(22)20-17(19(23)24)12-14-7-4-3-5-8-14/h3-10,13,17,21H,2,11-12H2,1H3,(H,20,22)(H,23,24). The number of rotatable bonds is 9. The molecular formula is C19H22N2O5S. The van der Waals surface area contributed by atoms with Crippen LogP contribution in [-0.2, 0) is 21.2 Å². The molecule has 2 rings (SSSR count). The van der Waals surface area contributed by atoms with Crippen molar-refractivity contribution >= 4 is 27.6 Å². The first-order valence-corrected chi connectivity index (χ1v) is 10.1. The minimum absolute atomic E-state index is 0.0262. The third kappa shape index (κ3) is 6.41. The summed E-state index contributed by atoms with van der Waals surface area (Å²) >= 11 is 0. The van der Waals surface area contributed by atoms with Crippen molar-refractivity contribution in [1.29, 1.82) is 0 Å². The predicted octanol–water partition coefficient (Wildman–Crippen LogP) is 2.26. The molecular weight excluding hydrogens is 368 g/mol. The summed E-state index contributed by atoms with van der Waals surface area (Å²) in [6.07, 6.45) is 0.611. The number of carbonyl (C=O) groups is 2. The molecule has 0 aliphatic rings. The van der Waals surface area contributed by atoms with Gasteiger partial charge in [0.05, 0.1) is 5.75 Å². The van der Waals surface area contributed by atoms with E-state index in [4.69, 9.17) is 0 Å². The largest absolute Gasteiger partial charge is 0.480 e. The van der Waals surface area contributed by atoms with E-state index in [1.54, 1.807) is 31.2 Å². The third-order valence-electron chi connectivity index (χ3n) is 3.76.